The van der Waals surface area contributed by atoms with Crippen LogP contribution in [0.2, 0.25) is 0 Å². The van der Waals surface area contributed by atoms with Crippen molar-refractivity contribution in [2.45, 2.75) is 46.1 Å². The summed E-state index contributed by atoms with van der Waals surface area (Å²) in [6.07, 6.45) is 3.55. The summed E-state index contributed by atoms with van der Waals surface area (Å²) in [6.45, 7) is 7.67. The maximum atomic E-state index is 10.7. The smallest absolute Gasteiger partial charge is 0.317 e. The third-order valence-corrected chi connectivity index (χ3v) is 3.83. The van der Waals surface area contributed by atoms with Crippen molar-refractivity contribution in [3.63, 3.8) is 0 Å². The Hall–Kier alpha value is -0.570. The molecule has 0 aromatic carbocycles. The zero-order valence-corrected chi connectivity index (χ0v) is 10.1. The number of hydrogen-bond donors (Lipinski definition) is 1. The molecule has 0 saturated heterocycles. The van der Waals surface area contributed by atoms with E-state index in [0.717, 1.165) is 31.2 Å². The van der Waals surface area contributed by atoms with E-state index < -0.39 is 5.97 Å². The lowest BCUT2D eigenvalue weighted by molar-refractivity contribution is -0.139. The minimum Gasteiger partial charge on any atom is -0.480 e. The summed E-state index contributed by atoms with van der Waals surface area (Å²) in [5.41, 5.74) is 0. The lowest BCUT2D eigenvalue weighted by Gasteiger charge is -2.38. The Kier molecular flexibility index (Phi) is 4.58. The van der Waals surface area contributed by atoms with Gasteiger partial charge in [-0.3, -0.25) is 9.69 Å². The van der Waals surface area contributed by atoms with Gasteiger partial charge in [0.2, 0.25) is 0 Å². The number of aliphatic carboxylic acids is 1. The number of hydrogen-bond acceptors (Lipinski definition) is 2. The summed E-state index contributed by atoms with van der Waals surface area (Å²) in [7, 11) is 0. The van der Waals surface area contributed by atoms with Crippen LogP contribution in [0.4, 0.5) is 0 Å². The van der Waals surface area contributed by atoms with Gasteiger partial charge in [0.1, 0.15) is 0 Å². The van der Waals surface area contributed by atoms with Gasteiger partial charge in [-0.15, -0.1) is 0 Å². The number of carboxylic acids is 1. The van der Waals surface area contributed by atoms with E-state index in [9.17, 15) is 4.79 Å². The van der Waals surface area contributed by atoms with Crippen LogP contribution in [0, 0.1) is 11.8 Å². The molecule has 88 valence electrons. The highest BCUT2D eigenvalue weighted by atomic mass is 16.4. The Labute approximate surface area is 92.5 Å². The van der Waals surface area contributed by atoms with E-state index in [1.54, 1.807) is 0 Å². The quantitative estimate of drug-likeness (QED) is 0.778. The molecule has 1 saturated carbocycles. The Balaban J connectivity index is 2.50. The van der Waals surface area contributed by atoms with Crippen molar-refractivity contribution >= 4 is 5.97 Å². The molecule has 0 amide bonds. The average Bonchev–Trinajstić information content (AvgIpc) is 2.18. The third-order valence-electron chi connectivity index (χ3n) is 3.83. The van der Waals surface area contributed by atoms with Crippen molar-refractivity contribution in [3.8, 4) is 0 Å². The molecule has 3 unspecified atom stereocenters. The van der Waals surface area contributed by atoms with Crippen molar-refractivity contribution in [1.82, 2.24) is 4.90 Å². The van der Waals surface area contributed by atoms with E-state index in [2.05, 4.69) is 18.7 Å². The summed E-state index contributed by atoms with van der Waals surface area (Å²) in [5, 5.41) is 8.82. The fraction of sp³-hybridized carbons (Fsp3) is 0.917. The van der Waals surface area contributed by atoms with E-state index in [0.29, 0.717) is 6.04 Å². The molecular weight excluding hydrogens is 190 g/mol. The molecule has 1 fully saturated rings. The Morgan fingerprint density at radius 1 is 1.33 bits per heavy atom. The van der Waals surface area contributed by atoms with Gasteiger partial charge in [0.05, 0.1) is 6.54 Å². The highest BCUT2D eigenvalue weighted by Gasteiger charge is 2.28. The number of carboxylic acid groups (broad SMARTS) is 1. The van der Waals surface area contributed by atoms with E-state index in [1.807, 2.05) is 6.92 Å². The van der Waals surface area contributed by atoms with E-state index in [-0.39, 0.29) is 6.54 Å². The van der Waals surface area contributed by atoms with Crippen molar-refractivity contribution in [2.24, 2.45) is 11.8 Å². The van der Waals surface area contributed by atoms with Crippen molar-refractivity contribution < 1.29 is 9.90 Å². The molecule has 1 rings (SSSR count). The molecule has 0 aromatic heterocycles. The summed E-state index contributed by atoms with van der Waals surface area (Å²) < 4.78 is 0. The molecule has 0 aromatic rings. The first-order chi connectivity index (χ1) is 7.04. The maximum absolute atomic E-state index is 10.7. The highest BCUT2D eigenvalue weighted by Crippen LogP contribution is 2.31. The molecule has 15 heavy (non-hydrogen) atoms. The standard InChI is InChI=1S/C12H23NO2/c1-4-13(8-12(14)15)11-6-5-9(2)10(3)7-11/h9-11H,4-8H2,1-3H3,(H,14,15). The first-order valence-corrected chi connectivity index (χ1v) is 6.00. The van der Waals surface area contributed by atoms with Crippen molar-refractivity contribution in [3.05, 3.63) is 0 Å². The van der Waals surface area contributed by atoms with Gasteiger partial charge in [-0.25, -0.2) is 0 Å². The van der Waals surface area contributed by atoms with Crippen LogP contribution in [0.1, 0.15) is 40.0 Å². The monoisotopic (exact) mass is 213 g/mol. The second-order valence-corrected chi connectivity index (χ2v) is 4.88. The zero-order valence-electron chi connectivity index (χ0n) is 10.1. The summed E-state index contributed by atoms with van der Waals surface area (Å²) >= 11 is 0. The topological polar surface area (TPSA) is 40.5 Å². The molecule has 0 bridgehead atoms. The van der Waals surface area contributed by atoms with Gasteiger partial charge in [-0.1, -0.05) is 20.8 Å². The molecule has 3 heteroatoms. The van der Waals surface area contributed by atoms with E-state index in [4.69, 9.17) is 5.11 Å². The van der Waals surface area contributed by atoms with Gasteiger partial charge < -0.3 is 5.11 Å². The fourth-order valence-electron chi connectivity index (χ4n) is 2.52. The van der Waals surface area contributed by atoms with Crippen molar-refractivity contribution in [1.29, 1.82) is 0 Å². The number of likely N-dealkylation sites (N-methyl/N-ethyl adjacent to an activating group) is 1. The predicted molar refractivity (Wildman–Crippen MR) is 60.8 cm³/mol. The molecule has 1 N–H and O–H groups in total. The van der Waals surface area contributed by atoms with Gasteiger partial charge >= 0.3 is 5.97 Å². The Morgan fingerprint density at radius 3 is 2.47 bits per heavy atom. The van der Waals surface area contributed by atoms with Crippen LogP contribution >= 0.6 is 0 Å². The van der Waals surface area contributed by atoms with Crippen molar-refractivity contribution in [2.75, 3.05) is 13.1 Å². The van der Waals surface area contributed by atoms with Crippen LogP contribution in [0.25, 0.3) is 0 Å². The normalized spacial score (nSPS) is 31.9. The molecule has 0 spiro atoms. The molecule has 0 heterocycles. The lowest BCUT2D eigenvalue weighted by atomic mass is 9.78. The lowest BCUT2D eigenvalue weighted by Crippen LogP contribution is -2.42. The molecule has 1 aliphatic carbocycles. The maximum Gasteiger partial charge on any atom is 0.317 e. The molecule has 3 nitrogen and oxygen atoms in total. The first-order valence-electron chi connectivity index (χ1n) is 6.00. The third kappa shape index (κ3) is 3.49. The molecular formula is C12H23NO2. The van der Waals surface area contributed by atoms with Gasteiger partial charge in [0.15, 0.2) is 0 Å². The van der Waals surface area contributed by atoms with Gasteiger partial charge in [0.25, 0.3) is 0 Å². The molecule has 3 atom stereocenters. The number of nitrogens with zero attached hydrogens (tertiary/aromatic N) is 1. The van der Waals surface area contributed by atoms with E-state index in [1.165, 1.54) is 6.42 Å². The second kappa shape index (κ2) is 5.50. The summed E-state index contributed by atoms with van der Waals surface area (Å²) in [6, 6.07) is 0.484. The van der Waals surface area contributed by atoms with Gasteiger partial charge in [0, 0.05) is 6.04 Å². The minimum atomic E-state index is -0.705. The number of carbonyl (C=O) groups is 1. The Bertz CT molecular complexity index is 218. The predicted octanol–water partition coefficient (Wildman–Crippen LogP) is 2.22. The van der Waals surface area contributed by atoms with Crippen LogP contribution in [-0.4, -0.2) is 35.1 Å². The molecule has 1 aliphatic rings. The van der Waals surface area contributed by atoms with E-state index >= 15 is 0 Å². The molecule has 0 aliphatic heterocycles. The SMILES string of the molecule is CCN(CC(=O)O)C1CCC(C)C(C)C1. The first kappa shape index (κ1) is 12.5. The van der Waals surface area contributed by atoms with Crippen LogP contribution in [0.3, 0.4) is 0 Å². The van der Waals surface area contributed by atoms with Crippen LogP contribution in [0.5, 0.6) is 0 Å². The van der Waals surface area contributed by atoms with Crippen LogP contribution in [-0.2, 0) is 4.79 Å². The number of rotatable bonds is 4. The van der Waals surface area contributed by atoms with Crippen LogP contribution < -0.4 is 0 Å². The summed E-state index contributed by atoms with van der Waals surface area (Å²) in [4.78, 5) is 12.8. The average molecular weight is 213 g/mol. The van der Waals surface area contributed by atoms with Gasteiger partial charge in [-0.2, -0.15) is 0 Å². The second-order valence-electron chi connectivity index (χ2n) is 4.88. The largest absolute Gasteiger partial charge is 0.480 e. The Morgan fingerprint density at radius 2 is 2.00 bits per heavy atom. The molecule has 0 radical (unpaired) electrons. The minimum absolute atomic E-state index is 0.197. The fourth-order valence-corrected chi connectivity index (χ4v) is 2.52. The van der Waals surface area contributed by atoms with Gasteiger partial charge in [-0.05, 0) is 37.6 Å². The zero-order chi connectivity index (χ0) is 11.4. The highest BCUT2D eigenvalue weighted by molar-refractivity contribution is 5.69. The summed E-state index contributed by atoms with van der Waals surface area (Å²) in [5.74, 6) is 0.819. The van der Waals surface area contributed by atoms with Crippen LogP contribution in [0.15, 0.2) is 0 Å².